The van der Waals surface area contributed by atoms with Crippen LogP contribution in [0, 0.1) is 5.41 Å². The molecule has 1 aromatic rings. The molecule has 1 unspecified atom stereocenters. The van der Waals surface area contributed by atoms with Crippen LogP contribution in [0.4, 0.5) is 0 Å². The van der Waals surface area contributed by atoms with Crippen molar-refractivity contribution in [3.8, 4) is 0 Å². The summed E-state index contributed by atoms with van der Waals surface area (Å²) in [6.07, 6.45) is 2.96. The molecule has 0 saturated carbocycles. The number of piperazine rings is 1. The van der Waals surface area contributed by atoms with Crippen LogP contribution in [0.3, 0.4) is 0 Å². The molecule has 1 N–H and O–H groups in total. The van der Waals surface area contributed by atoms with E-state index in [1.54, 1.807) is 0 Å². The monoisotopic (exact) mass is 278 g/mol. The van der Waals surface area contributed by atoms with Crippen molar-refractivity contribution in [1.82, 2.24) is 20.0 Å². The van der Waals surface area contributed by atoms with Crippen LogP contribution in [0.25, 0.3) is 0 Å². The third kappa shape index (κ3) is 3.61. The second-order valence-electron chi connectivity index (χ2n) is 7.81. The third-order valence-electron chi connectivity index (χ3n) is 4.39. The Labute approximate surface area is 123 Å². The van der Waals surface area contributed by atoms with Gasteiger partial charge in [0, 0.05) is 56.6 Å². The van der Waals surface area contributed by atoms with Gasteiger partial charge >= 0.3 is 0 Å². The molecule has 0 bridgehead atoms. The van der Waals surface area contributed by atoms with Crippen LogP contribution in [0.2, 0.25) is 0 Å². The highest BCUT2D eigenvalue weighted by Gasteiger charge is 2.38. The van der Waals surface area contributed by atoms with Crippen molar-refractivity contribution < 1.29 is 0 Å². The van der Waals surface area contributed by atoms with E-state index in [2.05, 4.69) is 56.0 Å². The van der Waals surface area contributed by atoms with E-state index in [4.69, 9.17) is 0 Å². The molecule has 0 amide bonds. The molecule has 1 aliphatic rings. The van der Waals surface area contributed by atoms with E-state index in [1.165, 1.54) is 5.69 Å². The maximum Gasteiger partial charge on any atom is 0.0492 e. The van der Waals surface area contributed by atoms with E-state index < -0.39 is 0 Å². The Morgan fingerprint density at radius 3 is 2.65 bits per heavy atom. The largest absolute Gasteiger partial charge is 0.309 e. The van der Waals surface area contributed by atoms with Crippen LogP contribution in [-0.2, 0) is 13.5 Å². The van der Waals surface area contributed by atoms with Crippen LogP contribution >= 0.6 is 0 Å². The van der Waals surface area contributed by atoms with Crippen LogP contribution < -0.4 is 5.32 Å². The highest BCUT2D eigenvalue weighted by atomic mass is 15.3. The van der Waals surface area contributed by atoms with Crippen molar-refractivity contribution in [2.45, 2.75) is 52.6 Å². The van der Waals surface area contributed by atoms with Gasteiger partial charge in [-0.1, -0.05) is 20.8 Å². The number of aryl methyl sites for hydroxylation is 1. The summed E-state index contributed by atoms with van der Waals surface area (Å²) in [5, 5.41) is 7.95. The second kappa shape index (κ2) is 5.49. The van der Waals surface area contributed by atoms with Crippen molar-refractivity contribution >= 4 is 0 Å². The van der Waals surface area contributed by atoms with Gasteiger partial charge in [0.25, 0.3) is 0 Å². The topological polar surface area (TPSA) is 33.1 Å². The standard InChI is InChI=1S/C16H30N4/c1-15(2,3)14-11-17-16(4,5)12-20(14)10-8-13-7-9-18-19(13)6/h7,9,14,17H,8,10-12H2,1-6H3. The Hall–Kier alpha value is -0.870. The van der Waals surface area contributed by atoms with E-state index in [9.17, 15) is 0 Å². The molecule has 2 rings (SSSR count). The van der Waals surface area contributed by atoms with Gasteiger partial charge in [-0.05, 0) is 25.3 Å². The molecule has 20 heavy (non-hydrogen) atoms. The zero-order chi connectivity index (χ0) is 15.0. The summed E-state index contributed by atoms with van der Waals surface area (Å²) in [7, 11) is 2.03. The Balaban J connectivity index is 2.06. The molecule has 0 aromatic carbocycles. The van der Waals surface area contributed by atoms with Crippen molar-refractivity contribution in [2.24, 2.45) is 12.5 Å². The summed E-state index contributed by atoms with van der Waals surface area (Å²) in [6.45, 7) is 14.9. The lowest BCUT2D eigenvalue weighted by atomic mass is 9.82. The van der Waals surface area contributed by atoms with Crippen molar-refractivity contribution in [1.29, 1.82) is 0 Å². The maximum absolute atomic E-state index is 4.26. The lowest BCUT2D eigenvalue weighted by molar-refractivity contribution is 0.0338. The zero-order valence-electron chi connectivity index (χ0n) is 13.9. The Kier molecular flexibility index (Phi) is 4.26. The molecule has 1 saturated heterocycles. The van der Waals surface area contributed by atoms with Crippen molar-refractivity contribution in [2.75, 3.05) is 19.6 Å². The van der Waals surface area contributed by atoms with Crippen LogP contribution in [-0.4, -0.2) is 45.9 Å². The SMILES string of the molecule is Cn1nccc1CCN1CC(C)(C)NCC1C(C)(C)C. The predicted molar refractivity (Wildman–Crippen MR) is 83.8 cm³/mol. The molecule has 1 aromatic heterocycles. The van der Waals surface area contributed by atoms with Gasteiger partial charge < -0.3 is 5.32 Å². The average Bonchev–Trinajstić information content (AvgIpc) is 2.69. The van der Waals surface area contributed by atoms with E-state index in [0.29, 0.717) is 11.5 Å². The molecule has 4 heteroatoms. The number of hydrogen-bond acceptors (Lipinski definition) is 3. The second-order valence-corrected chi connectivity index (χ2v) is 7.81. The quantitative estimate of drug-likeness (QED) is 0.919. The molecule has 1 aliphatic heterocycles. The first kappa shape index (κ1) is 15.5. The maximum atomic E-state index is 4.26. The van der Waals surface area contributed by atoms with Crippen LogP contribution in [0.15, 0.2) is 12.3 Å². The number of aromatic nitrogens is 2. The van der Waals surface area contributed by atoms with Gasteiger partial charge in [0.2, 0.25) is 0 Å². The van der Waals surface area contributed by atoms with Crippen molar-refractivity contribution in [3.05, 3.63) is 18.0 Å². The number of rotatable bonds is 3. The summed E-state index contributed by atoms with van der Waals surface area (Å²) in [6, 6.07) is 2.71. The average molecular weight is 278 g/mol. The number of hydrogen-bond donors (Lipinski definition) is 1. The smallest absolute Gasteiger partial charge is 0.0492 e. The first-order valence-electron chi connectivity index (χ1n) is 7.65. The van der Waals surface area contributed by atoms with E-state index in [-0.39, 0.29) is 5.54 Å². The molecular formula is C16H30N4. The molecule has 114 valence electrons. The van der Waals surface area contributed by atoms with Crippen LogP contribution in [0.5, 0.6) is 0 Å². The van der Waals surface area contributed by atoms with Gasteiger partial charge in [0.1, 0.15) is 0 Å². The van der Waals surface area contributed by atoms with Gasteiger partial charge in [-0.2, -0.15) is 5.10 Å². The van der Waals surface area contributed by atoms with Gasteiger partial charge in [-0.15, -0.1) is 0 Å². The van der Waals surface area contributed by atoms with E-state index >= 15 is 0 Å². The predicted octanol–water partition coefficient (Wildman–Crippen LogP) is 2.06. The molecule has 4 nitrogen and oxygen atoms in total. The van der Waals surface area contributed by atoms with Gasteiger partial charge in [-0.3, -0.25) is 9.58 Å². The molecule has 0 radical (unpaired) electrons. The molecule has 1 fully saturated rings. The molecule has 0 spiro atoms. The lowest BCUT2D eigenvalue weighted by Crippen LogP contribution is -2.64. The highest BCUT2D eigenvalue weighted by Crippen LogP contribution is 2.28. The van der Waals surface area contributed by atoms with Crippen LogP contribution in [0.1, 0.15) is 40.3 Å². The van der Waals surface area contributed by atoms with E-state index in [0.717, 1.165) is 26.1 Å². The summed E-state index contributed by atoms with van der Waals surface area (Å²) < 4.78 is 1.99. The summed E-state index contributed by atoms with van der Waals surface area (Å²) in [5.41, 5.74) is 1.82. The number of nitrogens with one attached hydrogen (secondary N) is 1. The Morgan fingerprint density at radius 2 is 2.10 bits per heavy atom. The van der Waals surface area contributed by atoms with E-state index in [1.807, 2.05) is 17.9 Å². The van der Waals surface area contributed by atoms with Gasteiger partial charge in [0.15, 0.2) is 0 Å². The fourth-order valence-corrected chi connectivity index (χ4v) is 3.17. The zero-order valence-corrected chi connectivity index (χ0v) is 13.9. The molecular weight excluding hydrogens is 248 g/mol. The van der Waals surface area contributed by atoms with Crippen molar-refractivity contribution in [3.63, 3.8) is 0 Å². The summed E-state index contributed by atoms with van der Waals surface area (Å²) in [5.74, 6) is 0. The highest BCUT2D eigenvalue weighted by molar-refractivity contribution is 5.02. The van der Waals surface area contributed by atoms with Gasteiger partial charge in [0.05, 0.1) is 0 Å². The first-order chi connectivity index (χ1) is 9.19. The Morgan fingerprint density at radius 1 is 1.40 bits per heavy atom. The molecule has 2 heterocycles. The third-order valence-corrected chi connectivity index (χ3v) is 4.39. The minimum Gasteiger partial charge on any atom is -0.309 e. The minimum absolute atomic E-state index is 0.203. The summed E-state index contributed by atoms with van der Waals surface area (Å²) >= 11 is 0. The normalized spacial score (nSPS) is 24.0. The summed E-state index contributed by atoms with van der Waals surface area (Å²) in [4.78, 5) is 2.66. The minimum atomic E-state index is 0.203. The van der Waals surface area contributed by atoms with Gasteiger partial charge in [-0.25, -0.2) is 0 Å². The lowest BCUT2D eigenvalue weighted by Gasteiger charge is -2.49. The fourth-order valence-electron chi connectivity index (χ4n) is 3.17. The molecule has 1 atom stereocenters. The fraction of sp³-hybridized carbons (Fsp3) is 0.812. The Bertz CT molecular complexity index is 442. The first-order valence-corrected chi connectivity index (χ1v) is 7.65. The number of nitrogens with zero attached hydrogens (tertiary/aromatic N) is 3. The molecule has 0 aliphatic carbocycles.